The summed E-state index contributed by atoms with van der Waals surface area (Å²) in [5.74, 6) is -1.51. The molecule has 174 valence electrons. The lowest BCUT2D eigenvalue weighted by atomic mass is 9.79. The van der Waals surface area contributed by atoms with Crippen molar-refractivity contribution in [3.05, 3.63) is 47.9 Å². The van der Waals surface area contributed by atoms with Crippen molar-refractivity contribution in [2.24, 2.45) is 5.41 Å². The van der Waals surface area contributed by atoms with Crippen molar-refractivity contribution >= 4 is 22.6 Å². The standard InChI is InChI=1S/C23H20F3N7O/c1-3-17(34)33-11-22(12-33)6-7-32(10-22)20-14(8-27)19(29-21(30-20)23(24,25)26)18-13(2)4-5-16-15(18)9-28-31-16/h3-5,9H,1,6-7,10-12H2,2H3,(H,28,31). The smallest absolute Gasteiger partial charge is 0.355 e. The summed E-state index contributed by atoms with van der Waals surface area (Å²) in [4.78, 5) is 22.9. The fourth-order valence-corrected chi connectivity index (χ4v) is 4.95. The maximum absolute atomic E-state index is 13.9. The SMILES string of the molecule is C=CC(=O)N1CC2(CCN(c3nc(C(F)(F)F)nc(-c4c(C)ccc5[nH]ncc45)c3C#N)C2)C1. The van der Waals surface area contributed by atoms with Gasteiger partial charge < -0.3 is 9.80 Å². The second kappa shape index (κ2) is 7.55. The number of aryl methyl sites for hydroxylation is 1. The monoisotopic (exact) mass is 467 g/mol. The maximum atomic E-state index is 13.9. The van der Waals surface area contributed by atoms with Crippen molar-refractivity contribution in [3.63, 3.8) is 0 Å². The van der Waals surface area contributed by atoms with Crippen LogP contribution in [-0.4, -0.2) is 57.2 Å². The Labute approximate surface area is 192 Å². The number of nitrogens with zero attached hydrogens (tertiary/aromatic N) is 6. The van der Waals surface area contributed by atoms with Crippen LogP contribution >= 0.6 is 0 Å². The highest BCUT2D eigenvalue weighted by Gasteiger charge is 2.50. The molecule has 2 aliphatic rings. The fourth-order valence-electron chi connectivity index (χ4n) is 4.95. The molecule has 0 atom stereocenters. The number of aromatic nitrogens is 4. The van der Waals surface area contributed by atoms with Gasteiger partial charge in [-0.1, -0.05) is 12.6 Å². The molecule has 1 spiro atoms. The summed E-state index contributed by atoms with van der Waals surface area (Å²) >= 11 is 0. The lowest BCUT2D eigenvalue weighted by Gasteiger charge is -2.47. The van der Waals surface area contributed by atoms with E-state index in [1.165, 1.54) is 12.3 Å². The third kappa shape index (κ3) is 3.37. The predicted molar refractivity (Wildman–Crippen MR) is 118 cm³/mol. The lowest BCUT2D eigenvalue weighted by Crippen LogP contribution is -2.59. The molecular weight excluding hydrogens is 447 g/mol. The molecule has 2 aromatic heterocycles. The number of aromatic amines is 1. The van der Waals surface area contributed by atoms with E-state index >= 15 is 0 Å². The van der Waals surface area contributed by atoms with Crippen LogP contribution in [0.2, 0.25) is 0 Å². The highest BCUT2D eigenvalue weighted by atomic mass is 19.4. The molecule has 11 heteroatoms. The first-order valence-corrected chi connectivity index (χ1v) is 10.6. The average Bonchev–Trinajstić information content (AvgIpc) is 3.43. The zero-order valence-corrected chi connectivity index (χ0v) is 18.3. The van der Waals surface area contributed by atoms with Gasteiger partial charge in [0.15, 0.2) is 5.82 Å². The van der Waals surface area contributed by atoms with Gasteiger partial charge in [0.1, 0.15) is 11.6 Å². The van der Waals surface area contributed by atoms with Crippen molar-refractivity contribution in [3.8, 4) is 17.3 Å². The van der Waals surface area contributed by atoms with E-state index in [9.17, 15) is 23.2 Å². The minimum absolute atomic E-state index is 0.0137. The van der Waals surface area contributed by atoms with Crippen LogP contribution in [0.3, 0.4) is 0 Å². The van der Waals surface area contributed by atoms with Gasteiger partial charge in [0.05, 0.1) is 17.4 Å². The lowest BCUT2D eigenvalue weighted by molar-refractivity contribution is -0.144. The number of hydrogen-bond acceptors (Lipinski definition) is 6. The largest absolute Gasteiger partial charge is 0.451 e. The van der Waals surface area contributed by atoms with Crippen LogP contribution in [0.5, 0.6) is 0 Å². The van der Waals surface area contributed by atoms with Gasteiger partial charge >= 0.3 is 6.18 Å². The van der Waals surface area contributed by atoms with E-state index in [4.69, 9.17) is 0 Å². The van der Waals surface area contributed by atoms with Crippen molar-refractivity contribution in [2.45, 2.75) is 19.5 Å². The first-order chi connectivity index (χ1) is 16.2. The molecule has 1 amide bonds. The van der Waals surface area contributed by atoms with Gasteiger partial charge in [0.2, 0.25) is 11.7 Å². The van der Waals surface area contributed by atoms with Crippen molar-refractivity contribution in [1.29, 1.82) is 5.26 Å². The van der Waals surface area contributed by atoms with Crippen molar-refractivity contribution in [2.75, 3.05) is 31.1 Å². The number of fused-ring (bicyclic) bond motifs is 1. The number of anilines is 1. The zero-order valence-electron chi connectivity index (χ0n) is 18.3. The molecule has 0 unspecified atom stereocenters. The number of likely N-dealkylation sites (tertiary alicyclic amines) is 1. The molecule has 2 fully saturated rings. The van der Waals surface area contributed by atoms with Crippen LogP contribution in [0.4, 0.5) is 19.0 Å². The number of alkyl halides is 3. The van der Waals surface area contributed by atoms with E-state index in [-0.39, 0.29) is 28.4 Å². The predicted octanol–water partition coefficient (Wildman–Crippen LogP) is 3.44. The fraction of sp³-hybridized carbons (Fsp3) is 0.348. The van der Waals surface area contributed by atoms with Crippen LogP contribution in [0, 0.1) is 23.7 Å². The summed E-state index contributed by atoms with van der Waals surface area (Å²) in [7, 11) is 0. The van der Waals surface area contributed by atoms with Crippen LogP contribution in [0.15, 0.2) is 31.0 Å². The Bertz CT molecular complexity index is 1370. The zero-order chi connectivity index (χ0) is 24.3. The number of carbonyl (C=O) groups excluding carboxylic acids is 1. The molecule has 1 N–H and O–H groups in total. The van der Waals surface area contributed by atoms with Gasteiger partial charge in [-0.15, -0.1) is 0 Å². The summed E-state index contributed by atoms with van der Waals surface area (Å²) in [5.41, 5.74) is 1.38. The topological polar surface area (TPSA) is 102 Å². The van der Waals surface area contributed by atoms with Crippen molar-refractivity contribution < 1.29 is 18.0 Å². The molecule has 34 heavy (non-hydrogen) atoms. The third-order valence-electron chi connectivity index (χ3n) is 6.60. The molecule has 0 aliphatic carbocycles. The number of benzene rings is 1. The number of halogens is 3. The van der Waals surface area contributed by atoms with E-state index in [1.807, 2.05) is 0 Å². The van der Waals surface area contributed by atoms with E-state index in [0.29, 0.717) is 54.6 Å². The molecular formula is C23H20F3N7O. The highest BCUT2D eigenvalue weighted by Crippen LogP contribution is 2.44. The minimum atomic E-state index is -4.79. The molecule has 3 aromatic rings. The Kier molecular flexibility index (Phi) is 4.86. The van der Waals surface area contributed by atoms with Crippen LogP contribution in [0.1, 0.15) is 23.4 Å². The molecule has 8 nitrogen and oxygen atoms in total. The number of amides is 1. The van der Waals surface area contributed by atoms with Gasteiger partial charge in [0, 0.05) is 42.5 Å². The molecule has 2 aliphatic heterocycles. The molecule has 1 aromatic carbocycles. The molecule has 0 radical (unpaired) electrons. The summed E-state index contributed by atoms with van der Waals surface area (Å²) in [6.45, 7) is 7.05. The summed E-state index contributed by atoms with van der Waals surface area (Å²) < 4.78 is 41.6. The maximum Gasteiger partial charge on any atom is 0.451 e. The van der Waals surface area contributed by atoms with E-state index in [0.717, 1.165) is 0 Å². The average molecular weight is 467 g/mol. The number of carbonyl (C=O) groups is 1. The minimum Gasteiger partial charge on any atom is -0.355 e. The molecule has 5 rings (SSSR count). The number of nitriles is 1. The molecule has 0 saturated carbocycles. The molecule has 4 heterocycles. The first kappa shape index (κ1) is 21.9. The van der Waals surface area contributed by atoms with Crippen molar-refractivity contribution in [1.82, 2.24) is 25.1 Å². The number of hydrogen-bond donors (Lipinski definition) is 1. The first-order valence-electron chi connectivity index (χ1n) is 10.6. The third-order valence-corrected chi connectivity index (χ3v) is 6.60. The van der Waals surface area contributed by atoms with E-state index in [2.05, 4.69) is 32.8 Å². The van der Waals surface area contributed by atoms with E-state index in [1.54, 1.807) is 28.9 Å². The van der Waals surface area contributed by atoms with E-state index < -0.39 is 12.0 Å². The quantitative estimate of drug-likeness (QED) is 0.592. The van der Waals surface area contributed by atoms with Crippen LogP contribution in [0.25, 0.3) is 22.2 Å². The second-order valence-corrected chi connectivity index (χ2v) is 8.86. The number of nitrogens with one attached hydrogen (secondary N) is 1. The van der Waals surface area contributed by atoms with Crippen LogP contribution < -0.4 is 4.90 Å². The molecule has 0 bridgehead atoms. The van der Waals surface area contributed by atoms with Gasteiger partial charge in [0.25, 0.3) is 0 Å². The van der Waals surface area contributed by atoms with Gasteiger partial charge in [-0.25, -0.2) is 9.97 Å². The summed E-state index contributed by atoms with van der Waals surface area (Å²) in [6.07, 6.45) is -1.36. The Morgan fingerprint density at radius 1 is 1.29 bits per heavy atom. The van der Waals surface area contributed by atoms with Gasteiger partial charge in [-0.3, -0.25) is 9.89 Å². The summed E-state index contributed by atoms with van der Waals surface area (Å²) in [6, 6.07) is 5.58. The van der Waals surface area contributed by atoms with Gasteiger partial charge in [-0.2, -0.15) is 23.5 Å². The number of H-pyrrole nitrogens is 1. The second-order valence-electron chi connectivity index (χ2n) is 8.86. The number of rotatable bonds is 3. The normalized spacial score (nSPS) is 17.1. The van der Waals surface area contributed by atoms with Crippen LogP contribution in [-0.2, 0) is 11.0 Å². The Morgan fingerprint density at radius 2 is 2.06 bits per heavy atom. The Morgan fingerprint density at radius 3 is 2.74 bits per heavy atom. The van der Waals surface area contributed by atoms with Gasteiger partial charge in [-0.05, 0) is 31.1 Å². The Balaban J connectivity index is 1.62. The Hall–Kier alpha value is -3.94. The highest BCUT2D eigenvalue weighted by molar-refractivity contribution is 5.97. The summed E-state index contributed by atoms with van der Waals surface area (Å²) in [5, 5.41) is 17.4. The molecule has 2 saturated heterocycles.